The van der Waals surface area contributed by atoms with Crippen LogP contribution in [0, 0.1) is 0 Å². The van der Waals surface area contributed by atoms with E-state index in [1.54, 1.807) is 18.0 Å². The van der Waals surface area contributed by atoms with Crippen LogP contribution in [0.4, 0.5) is 0 Å². The average Bonchev–Trinajstić information content (AvgIpc) is 3.66. The van der Waals surface area contributed by atoms with Gasteiger partial charge in [0, 0.05) is 37.2 Å². The van der Waals surface area contributed by atoms with Crippen LogP contribution in [0.1, 0.15) is 60.9 Å². The van der Waals surface area contributed by atoms with Crippen molar-refractivity contribution in [2.24, 2.45) is 0 Å². The molecule has 1 unspecified atom stereocenters. The predicted octanol–water partition coefficient (Wildman–Crippen LogP) is 5.41. The van der Waals surface area contributed by atoms with Crippen molar-refractivity contribution in [1.29, 1.82) is 0 Å². The number of carbonyl (C=O) groups excluding carboxylic acids is 1. The smallest absolute Gasteiger partial charge is 0.254 e. The number of carbonyl (C=O) groups is 1. The molecule has 3 aromatic rings. The van der Waals surface area contributed by atoms with Crippen LogP contribution >= 0.6 is 0 Å². The van der Waals surface area contributed by atoms with Gasteiger partial charge in [-0.3, -0.25) is 4.79 Å². The molecule has 2 heterocycles. The van der Waals surface area contributed by atoms with Gasteiger partial charge in [0.1, 0.15) is 6.61 Å². The monoisotopic (exact) mass is 489 g/mol. The fraction of sp³-hybridized carbons (Fsp3) is 0.448. The zero-order valence-electron chi connectivity index (χ0n) is 21.0. The van der Waals surface area contributed by atoms with Crippen molar-refractivity contribution in [3.8, 4) is 17.2 Å². The van der Waals surface area contributed by atoms with Crippen molar-refractivity contribution in [2.75, 3.05) is 20.3 Å². The molecule has 7 nitrogen and oxygen atoms in total. The highest BCUT2D eigenvalue weighted by molar-refractivity contribution is 5.94. The Kier molecular flexibility index (Phi) is 7.86. The zero-order valence-corrected chi connectivity index (χ0v) is 21.0. The summed E-state index contributed by atoms with van der Waals surface area (Å²) in [4.78, 5) is 15.7. The molecule has 1 aliphatic heterocycles. The molecule has 5 rings (SSSR count). The van der Waals surface area contributed by atoms with Gasteiger partial charge in [0.25, 0.3) is 5.91 Å². The predicted molar refractivity (Wildman–Crippen MR) is 138 cm³/mol. The zero-order chi connectivity index (χ0) is 24.7. The molecule has 0 N–H and O–H groups in total. The Bertz CT molecular complexity index is 1120. The van der Waals surface area contributed by atoms with Crippen molar-refractivity contribution in [3.63, 3.8) is 0 Å². The molecule has 1 saturated heterocycles. The Morgan fingerprint density at radius 1 is 1.06 bits per heavy atom. The van der Waals surface area contributed by atoms with Gasteiger partial charge < -0.3 is 19.1 Å². The number of hydrogen-bond donors (Lipinski definition) is 0. The molecule has 2 aliphatic rings. The maximum absolute atomic E-state index is 13.7. The first-order valence-electron chi connectivity index (χ1n) is 13.0. The Labute approximate surface area is 213 Å². The van der Waals surface area contributed by atoms with Crippen molar-refractivity contribution < 1.29 is 19.0 Å². The lowest BCUT2D eigenvalue weighted by Gasteiger charge is -2.30. The van der Waals surface area contributed by atoms with Crippen LogP contribution in [-0.2, 0) is 11.3 Å². The SMILES string of the molecule is COc1cc(CN(C(=O)c2ccc(-n3cccn3)cc2)C2CCCC2)ccc1OCC1CCCCO1. The molecule has 1 aromatic heterocycles. The van der Waals surface area contributed by atoms with E-state index in [0.29, 0.717) is 30.2 Å². The first kappa shape index (κ1) is 24.4. The van der Waals surface area contributed by atoms with E-state index < -0.39 is 0 Å². The molecule has 0 radical (unpaired) electrons. The largest absolute Gasteiger partial charge is 0.493 e. The lowest BCUT2D eigenvalue weighted by atomic mass is 10.1. The average molecular weight is 490 g/mol. The van der Waals surface area contributed by atoms with Crippen LogP contribution in [0.5, 0.6) is 11.5 Å². The molecular weight excluding hydrogens is 454 g/mol. The Balaban J connectivity index is 1.31. The van der Waals surface area contributed by atoms with Gasteiger partial charge in [0.15, 0.2) is 11.5 Å². The van der Waals surface area contributed by atoms with Gasteiger partial charge in [-0.05, 0) is 80.1 Å². The van der Waals surface area contributed by atoms with Crippen LogP contribution in [0.25, 0.3) is 5.69 Å². The van der Waals surface area contributed by atoms with Crippen LogP contribution < -0.4 is 9.47 Å². The Hall–Kier alpha value is -3.32. The molecule has 0 bridgehead atoms. The summed E-state index contributed by atoms with van der Waals surface area (Å²) >= 11 is 0. The number of ether oxygens (including phenoxy) is 3. The quantitative estimate of drug-likeness (QED) is 0.402. The normalized spacial score (nSPS) is 18.2. The van der Waals surface area contributed by atoms with Crippen LogP contribution in [0.3, 0.4) is 0 Å². The van der Waals surface area contributed by atoms with E-state index in [1.165, 1.54) is 6.42 Å². The molecule has 2 fully saturated rings. The number of benzene rings is 2. The molecule has 1 amide bonds. The van der Waals surface area contributed by atoms with E-state index in [1.807, 2.05) is 59.6 Å². The summed E-state index contributed by atoms with van der Waals surface area (Å²) < 4.78 is 19.3. The topological polar surface area (TPSA) is 65.8 Å². The van der Waals surface area contributed by atoms with Gasteiger partial charge in [-0.15, -0.1) is 0 Å². The highest BCUT2D eigenvalue weighted by atomic mass is 16.5. The number of hydrogen-bond acceptors (Lipinski definition) is 5. The molecular formula is C29H35N3O4. The second-order valence-corrected chi connectivity index (χ2v) is 9.65. The molecule has 1 aliphatic carbocycles. The van der Waals surface area contributed by atoms with E-state index in [9.17, 15) is 4.79 Å². The van der Waals surface area contributed by atoms with Gasteiger partial charge in [-0.2, -0.15) is 5.10 Å². The Morgan fingerprint density at radius 3 is 2.56 bits per heavy atom. The van der Waals surface area contributed by atoms with Crippen molar-refractivity contribution in [1.82, 2.24) is 14.7 Å². The second-order valence-electron chi connectivity index (χ2n) is 9.65. The Morgan fingerprint density at radius 2 is 1.86 bits per heavy atom. The van der Waals surface area contributed by atoms with Crippen molar-refractivity contribution in [3.05, 3.63) is 72.1 Å². The molecule has 190 valence electrons. The van der Waals surface area contributed by atoms with Crippen molar-refractivity contribution >= 4 is 5.91 Å². The highest BCUT2D eigenvalue weighted by Crippen LogP contribution is 2.32. The van der Waals surface area contributed by atoms with E-state index >= 15 is 0 Å². The molecule has 1 atom stereocenters. The first-order chi connectivity index (χ1) is 17.7. The fourth-order valence-electron chi connectivity index (χ4n) is 5.17. The molecule has 36 heavy (non-hydrogen) atoms. The summed E-state index contributed by atoms with van der Waals surface area (Å²) in [5, 5.41) is 4.27. The molecule has 1 saturated carbocycles. The number of rotatable bonds is 9. The number of amides is 1. The standard InChI is InChI=1S/C29H35N3O4/c1-34-28-19-22(10-15-27(28)36-21-26-9-4-5-18-35-26)20-31(24-7-2-3-8-24)29(33)23-11-13-25(14-12-23)32-17-6-16-30-32/h6,10-17,19,24,26H,2-5,7-9,18,20-21H2,1H3. The van der Waals surface area contributed by atoms with Crippen LogP contribution in [-0.4, -0.2) is 53.1 Å². The number of methoxy groups -OCH3 is 1. The highest BCUT2D eigenvalue weighted by Gasteiger charge is 2.28. The third-order valence-corrected chi connectivity index (χ3v) is 7.19. The van der Waals surface area contributed by atoms with Gasteiger partial charge in [-0.25, -0.2) is 4.68 Å². The number of aromatic nitrogens is 2. The lowest BCUT2D eigenvalue weighted by molar-refractivity contribution is -0.0114. The summed E-state index contributed by atoms with van der Waals surface area (Å²) in [5.41, 5.74) is 2.65. The summed E-state index contributed by atoms with van der Waals surface area (Å²) in [6.45, 7) is 1.87. The maximum Gasteiger partial charge on any atom is 0.254 e. The van der Waals surface area contributed by atoms with E-state index in [-0.39, 0.29) is 18.1 Å². The van der Waals surface area contributed by atoms with Crippen molar-refractivity contribution in [2.45, 2.75) is 63.6 Å². The second kappa shape index (κ2) is 11.6. The fourth-order valence-corrected chi connectivity index (χ4v) is 5.17. The van der Waals surface area contributed by atoms with Gasteiger partial charge >= 0.3 is 0 Å². The minimum atomic E-state index is 0.0580. The summed E-state index contributed by atoms with van der Waals surface area (Å²) in [5.74, 6) is 1.46. The minimum absolute atomic E-state index is 0.0580. The van der Waals surface area contributed by atoms with Crippen LogP contribution in [0.15, 0.2) is 60.9 Å². The van der Waals surface area contributed by atoms with Gasteiger partial charge in [-0.1, -0.05) is 18.9 Å². The molecule has 7 heteroatoms. The van der Waals surface area contributed by atoms with Gasteiger partial charge in [0.05, 0.1) is 18.9 Å². The van der Waals surface area contributed by atoms with Crippen LogP contribution in [0.2, 0.25) is 0 Å². The first-order valence-corrected chi connectivity index (χ1v) is 13.0. The molecule has 2 aromatic carbocycles. The lowest BCUT2D eigenvalue weighted by Crippen LogP contribution is -2.38. The number of nitrogens with zero attached hydrogens (tertiary/aromatic N) is 3. The summed E-state index contributed by atoms with van der Waals surface area (Å²) in [7, 11) is 1.66. The van der Waals surface area contributed by atoms with E-state index in [4.69, 9.17) is 14.2 Å². The van der Waals surface area contributed by atoms with Gasteiger partial charge in [0.2, 0.25) is 0 Å². The summed E-state index contributed by atoms with van der Waals surface area (Å²) in [6, 6.07) is 15.8. The molecule has 0 spiro atoms. The van der Waals surface area contributed by atoms with E-state index in [0.717, 1.165) is 56.4 Å². The minimum Gasteiger partial charge on any atom is -0.493 e. The van der Waals surface area contributed by atoms with E-state index in [2.05, 4.69) is 5.10 Å². The third-order valence-electron chi connectivity index (χ3n) is 7.19. The third kappa shape index (κ3) is 5.73. The summed E-state index contributed by atoms with van der Waals surface area (Å²) in [6.07, 6.45) is 11.5. The maximum atomic E-state index is 13.7.